The first-order valence-electron chi connectivity index (χ1n) is 7.06. The third-order valence-electron chi connectivity index (χ3n) is 3.76. The molecule has 1 aliphatic carbocycles. The number of rotatable bonds is 4. The lowest BCUT2D eigenvalue weighted by molar-refractivity contribution is -0.138. The van der Waals surface area contributed by atoms with Gasteiger partial charge in [-0.3, -0.25) is 4.79 Å². The number of amides is 2. The highest BCUT2D eigenvalue weighted by Gasteiger charge is 2.35. The highest BCUT2D eigenvalue weighted by molar-refractivity contribution is 6.30. The quantitative estimate of drug-likeness (QED) is 0.794. The summed E-state index contributed by atoms with van der Waals surface area (Å²) < 4.78 is 0. The molecule has 0 aliphatic heterocycles. The molecule has 5 nitrogen and oxygen atoms in total. The number of carboxylic acids is 1. The average Bonchev–Trinajstić information content (AvgIpc) is 2.38. The van der Waals surface area contributed by atoms with Gasteiger partial charge in [0, 0.05) is 10.7 Å². The monoisotopic (exact) mass is 310 g/mol. The van der Waals surface area contributed by atoms with Crippen molar-refractivity contribution < 1.29 is 14.7 Å². The van der Waals surface area contributed by atoms with Crippen LogP contribution in [0.25, 0.3) is 0 Å². The van der Waals surface area contributed by atoms with Crippen LogP contribution in [0.15, 0.2) is 24.3 Å². The molecule has 1 aromatic carbocycles. The van der Waals surface area contributed by atoms with Gasteiger partial charge in [-0.2, -0.15) is 0 Å². The van der Waals surface area contributed by atoms with E-state index in [-0.39, 0.29) is 12.5 Å². The van der Waals surface area contributed by atoms with E-state index in [2.05, 4.69) is 10.6 Å². The van der Waals surface area contributed by atoms with Gasteiger partial charge in [-0.1, -0.05) is 36.9 Å². The molecule has 2 amide bonds. The van der Waals surface area contributed by atoms with Crippen LogP contribution in [-0.2, 0) is 4.79 Å². The highest BCUT2D eigenvalue weighted by Crippen LogP contribution is 2.31. The van der Waals surface area contributed by atoms with Gasteiger partial charge in [-0.15, -0.1) is 0 Å². The second kappa shape index (κ2) is 6.80. The molecule has 0 spiro atoms. The summed E-state index contributed by atoms with van der Waals surface area (Å²) in [7, 11) is 0. The van der Waals surface area contributed by atoms with Crippen LogP contribution in [0.1, 0.15) is 38.5 Å². The maximum atomic E-state index is 12.1. The van der Waals surface area contributed by atoms with Crippen LogP contribution in [0, 0.1) is 0 Å². The van der Waals surface area contributed by atoms with Crippen LogP contribution in [0.3, 0.4) is 0 Å². The van der Waals surface area contributed by atoms with Gasteiger partial charge >= 0.3 is 12.0 Å². The van der Waals surface area contributed by atoms with Crippen LogP contribution in [0.5, 0.6) is 0 Å². The molecule has 1 aromatic rings. The van der Waals surface area contributed by atoms with Crippen molar-refractivity contribution >= 4 is 29.3 Å². The Morgan fingerprint density at radius 2 is 1.95 bits per heavy atom. The second-order valence-corrected chi connectivity index (χ2v) is 5.94. The number of carbonyl (C=O) groups is 2. The van der Waals surface area contributed by atoms with E-state index in [1.54, 1.807) is 24.3 Å². The van der Waals surface area contributed by atoms with E-state index in [0.717, 1.165) is 19.3 Å². The summed E-state index contributed by atoms with van der Waals surface area (Å²) in [6, 6.07) is 6.45. The zero-order chi connectivity index (χ0) is 15.3. The minimum Gasteiger partial charge on any atom is -0.481 e. The van der Waals surface area contributed by atoms with E-state index in [1.807, 2.05) is 0 Å². The van der Waals surface area contributed by atoms with Crippen LogP contribution >= 0.6 is 11.6 Å². The van der Waals surface area contributed by atoms with Crippen LogP contribution in [0.4, 0.5) is 10.5 Å². The fourth-order valence-corrected chi connectivity index (χ4v) is 3.02. The molecule has 0 heterocycles. The molecular weight excluding hydrogens is 292 g/mol. The van der Waals surface area contributed by atoms with Gasteiger partial charge in [-0.25, -0.2) is 4.79 Å². The number of hydrogen-bond donors (Lipinski definition) is 3. The van der Waals surface area contributed by atoms with Crippen molar-refractivity contribution in [2.24, 2.45) is 0 Å². The standard InChI is InChI=1S/C15H19ClN2O3/c16-11-5-4-6-12(9-11)17-14(21)18-15(10-13(19)20)7-2-1-3-8-15/h4-6,9H,1-3,7-8,10H2,(H,19,20)(H2,17,18,21). The first-order chi connectivity index (χ1) is 9.99. The summed E-state index contributed by atoms with van der Waals surface area (Å²) in [5.74, 6) is -0.889. The summed E-state index contributed by atoms with van der Waals surface area (Å²) in [5, 5.41) is 15.2. The molecule has 0 radical (unpaired) electrons. The van der Waals surface area contributed by atoms with Gasteiger partial charge in [0.05, 0.1) is 12.0 Å². The molecule has 1 saturated carbocycles. The normalized spacial score (nSPS) is 17.0. The van der Waals surface area contributed by atoms with Crippen molar-refractivity contribution in [2.75, 3.05) is 5.32 Å². The van der Waals surface area contributed by atoms with E-state index >= 15 is 0 Å². The molecule has 1 fully saturated rings. The van der Waals surface area contributed by atoms with Gasteiger partial charge in [0.15, 0.2) is 0 Å². The Bertz CT molecular complexity index is 527. The Balaban J connectivity index is 2.02. The summed E-state index contributed by atoms with van der Waals surface area (Å²) >= 11 is 5.87. The lowest BCUT2D eigenvalue weighted by atomic mass is 9.79. The van der Waals surface area contributed by atoms with Gasteiger partial charge in [0.2, 0.25) is 0 Å². The van der Waals surface area contributed by atoms with Crippen molar-refractivity contribution in [1.29, 1.82) is 0 Å². The molecule has 2 rings (SSSR count). The number of halogens is 1. The largest absolute Gasteiger partial charge is 0.481 e. The predicted octanol–water partition coefficient (Wildman–Crippen LogP) is 3.64. The summed E-state index contributed by atoms with van der Waals surface area (Å²) in [4.78, 5) is 23.2. The third-order valence-corrected chi connectivity index (χ3v) is 4.00. The zero-order valence-electron chi connectivity index (χ0n) is 11.7. The molecule has 0 aromatic heterocycles. The third kappa shape index (κ3) is 4.63. The van der Waals surface area contributed by atoms with Crippen LogP contribution in [0.2, 0.25) is 5.02 Å². The van der Waals surface area contributed by atoms with Crippen molar-refractivity contribution in [2.45, 2.75) is 44.1 Å². The predicted molar refractivity (Wildman–Crippen MR) is 81.7 cm³/mol. The molecule has 6 heteroatoms. The Labute approximate surface area is 128 Å². The van der Waals surface area contributed by atoms with Crippen LogP contribution in [-0.4, -0.2) is 22.6 Å². The number of aliphatic carboxylic acids is 1. The Kier molecular flexibility index (Phi) is 5.07. The Morgan fingerprint density at radius 3 is 2.57 bits per heavy atom. The number of benzene rings is 1. The smallest absolute Gasteiger partial charge is 0.319 e. The van der Waals surface area contributed by atoms with Crippen molar-refractivity contribution in [3.8, 4) is 0 Å². The molecule has 0 atom stereocenters. The number of urea groups is 1. The molecular formula is C15H19ClN2O3. The lowest BCUT2D eigenvalue weighted by Crippen LogP contribution is -2.52. The first kappa shape index (κ1) is 15.6. The first-order valence-corrected chi connectivity index (χ1v) is 7.43. The van der Waals surface area contributed by atoms with Gasteiger partial charge in [-0.05, 0) is 31.0 Å². The molecule has 3 N–H and O–H groups in total. The van der Waals surface area contributed by atoms with E-state index in [4.69, 9.17) is 16.7 Å². The van der Waals surface area contributed by atoms with Gasteiger partial charge in [0.25, 0.3) is 0 Å². The minimum absolute atomic E-state index is 0.0457. The zero-order valence-corrected chi connectivity index (χ0v) is 12.4. The molecule has 114 valence electrons. The SMILES string of the molecule is O=C(O)CC1(NC(=O)Nc2cccc(Cl)c2)CCCCC1. The van der Waals surface area contributed by atoms with Gasteiger partial charge in [0.1, 0.15) is 0 Å². The lowest BCUT2D eigenvalue weighted by Gasteiger charge is -2.36. The van der Waals surface area contributed by atoms with Crippen LogP contribution < -0.4 is 10.6 Å². The Morgan fingerprint density at radius 1 is 1.24 bits per heavy atom. The van der Waals surface area contributed by atoms with Crippen molar-refractivity contribution in [3.05, 3.63) is 29.3 Å². The van der Waals surface area contributed by atoms with E-state index in [1.165, 1.54) is 0 Å². The molecule has 0 bridgehead atoms. The molecule has 21 heavy (non-hydrogen) atoms. The fourth-order valence-electron chi connectivity index (χ4n) is 2.83. The van der Waals surface area contributed by atoms with Gasteiger partial charge < -0.3 is 15.7 Å². The number of anilines is 1. The topological polar surface area (TPSA) is 78.4 Å². The van der Waals surface area contributed by atoms with E-state index < -0.39 is 11.5 Å². The van der Waals surface area contributed by atoms with E-state index in [0.29, 0.717) is 23.6 Å². The maximum absolute atomic E-state index is 12.1. The van der Waals surface area contributed by atoms with Crippen molar-refractivity contribution in [3.63, 3.8) is 0 Å². The molecule has 1 aliphatic rings. The Hall–Kier alpha value is -1.75. The summed E-state index contributed by atoms with van der Waals surface area (Å²) in [5.41, 5.74) is -0.0616. The van der Waals surface area contributed by atoms with E-state index in [9.17, 15) is 9.59 Å². The second-order valence-electron chi connectivity index (χ2n) is 5.50. The number of nitrogens with one attached hydrogen (secondary N) is 2. The molecule has 0 saturated heterocycles. The maximum Gasteiger partial charge on any atom is 0.319 e. The number of carboxylic acid groups (broad SMARTS) is 1. The van der Waals surface area contributed by atoms with Crippen molar-refractivity contribution in [1.82, 2.24) is 5.32 Å². The minimum atomic E-state index is -0.889. The molecule has 0 unspecified atom stereocenters. The number of hydrogen-bond acceptors (Lipinski definition) is 2. The number of carbonyl (C=O) groups excluding carboxylic acids is 1. The summed E-state index contributed by atoms with van der Waals surface area (Å²) in [6.45, 7) is 0. The summed E-state index contributed by atoms with van der Waals surface area (Å²) in [6.07, 6.45) is 4.30. The highest BCUT2D eigenvalue weighted by atomic mass is 35.5. The fraction of sp³-hybridized carbons (Fsp3) is 0.467. The average molecular weight is 311 g/mol.